The van der Waals surface area contributed by atoms with Gasteiger partial charge in [0.15, 0.2) is 0 Å². The summed E-state index contributed by atoms with van der Waals surface area (Å²) in [7, 11) is 0. The fraction of sp³-hybridized carbons (Fsp3) is 0.636. The highest BCUT2D eigenvalue weighted by Gasteiger charge is 2.21. The summed E-state index contributed by atoms with van der Waals surface area (Å²) in [5.41, 5.74) is 0. The van der Waals surface area contributed by atoms with Crippen LogP contribution in [0.2, 0.25) is 0 Å². The second-order valence-corrected chi connectivity index (χ2v) is 3.87. The lowest BCUT2D eigenvalue weighted by Gasteiger charge is -2.22. The summed E-state index contributed by atoms with van der Waals surface area (Å²) < 4.78 is 10.6. The van der Waals surface area contributed by atoms with Gasteiger partial charge in [-0.2, -0.15) is 0 Å². The van der Waals surface area contributed by atoms with Gasteiger partial charge in [-0.15, -0.1) is 12.4 Å². The molecule has 0 aromatic carbocycles. The van der Waals surface area contributed by atoms with Crippen LogP contribution in [-0.2, 0) is 22.5 Å². The molecule has 0 spiro atoms. The van der Waals surface area contributed by atoms with Crippen LogP contribution in [0.25, 0.3) is 0 Å². The lowest BCUT2D eigenvalue weighted by atomic mass is 10.2. The summed E-state index contributed by atoms with van der Waals surface area (Å²) in [6.45, 7) is 4.08. The predicted octanol–water partition coefficient (Wildman–Crippen LogP) is 0.263. The van der Waals surface area contributed by atoms with E-state index < -0.39 is 0 Å². The number of morpholine rings is 1. The van der Waals surface area contributed by atoms with Gasteiger partial charge in [0.05, 0.1) is 26.0 Å². The average molecular weight is 276 g/mol. The largest absolute Gasteiger partial charge is 0.444 e. The third-order valence-corrected chi connectivity index (χ3v) is 2.60. The summed E-state index contributed by atoms with van der Waals surface area (Å²) in [6.07, 6.45) is 2.49. The zero-order valence-corrected chi connectivity index (χ0v) is 11.1. The van der Waals surface area contributed by atoms with Crippen molar-refractivity contribution in [2.75, 3.05) is 19.8 Å². The van der Waals surface area contributed by atoms with Crippen LogP contribution in [0.15, 0.2) is 10.6 Å². The molecule has 2 N–H and O–H groups in total. The number of nitrogens with zero attached hydrogens (tertiary/aromatic N) is 1. The summed E-state index contributed by atoms with van der Waals surface area (Å²) in [4.78, 5) is 15.8. The number of aryl methyl sites for hydroxylation is 1. The molecular formula is C11H18ClN3O3. The number of oxazole rings is 1. The van der Waals surface area contributed by atoms with Gasteiger partial charge in [-0.1, -0.05) is 6.92 Å². The van der Waals surface area contributed by atoms with Gasteiger partial charge in [0, 0.05) is 13.0 Å². The van der Waals surface area contributed by atoms with Crippen molar-refractivity contribution in [2.45, 2.75) is 25.9 Å². The minimum atomic E-state index is -0.274. The van der Waals surface area contributed by atoms with Crippen molar-refractivity contribution in [1.29, 1.82) is 0 Å². The SMILES string of the molecule is CCc1cnc(CNC(=O)C2COCCN2)o1.Cl. The number of nitrogens with one attached hydrogen (secondary N) is 2. The van der Waals surface area contributed by atoms with Gasteiger partial charge >= 0.3 is 0 Å². The summed E-state index contributed by atoms with van der Waals surface area (Å²) in [5.74, 6) is 1.28. The molecule has 1 aliphatic heterocycles. The third-order valence-electron chi connectivity index (χ3n) is 2.60. The fourth-order valence-corrected chi connectivity index (χ4v) is 1.61. The number of halogens is 1. The third kappa shape index (κ3) is 3.97. The van der Waals surface area contributed by atoms with Gasteiger partial charge in [0.2, 0.25) is 11.8 Å². The van der Waals surface area contributed by atoms with Crippen LogP contribution in [0.5, 0.6) is 0 Å². The molecule has 18 heavy (non-hydrogen) atoms. The molecule has 1 saturated heterocycles. The van der Waals surface area contributed by atoms with Gasteiger partial charge in [-0.25, -0.2) is 4.98 Å². The second kappa shape index (κ2) is 7.35. The first-order chi connectivity index (χ1) is 8.29. The Balaban J connectivity index is 0.00000162. The minimum Gasteiger partial charge on any atom is -0.444 e. The molecular weight excluding hydrogens is 258 g/mol. The predicted molar refractivity (Wildman–Crippen MR) is 67.6 cm³/mol. The number of hydrogen-bond donors (Lipinski definition) is 2. The summed E-state index contributed by atoms with van der Waals surface area (Å²) in [5, 5.41) is 5.85. The molecule has 1 fully saturated rings. The average Bonchev–Trinajstić information content (AvgIpc) is 2.85. The molecule has 1 atom stereocenters. The van der Waals surface area contributed by atoms with Crippen molar-refractivity contribution >= 4 is 18.3 Å². The molecule has 2 heterocycles. The molecule has 6 nitrogen and oxygen atoms in total. The molecule has 0 radical (unpaired) electrons. The van der Waals surface area contributed by atoms with Crippen molar-refractivity contribution in [3.63, 3.8) is 0 Å². The molecule has 2 rings (SSSR count). The maximum Gasteiger partial charge on any atom is 0.239 e. The number of ether oxygens (including phenoxy) is 1. The highest BCUT2D eigenvalue weighted by molar-refractivity contribution is 5.85. The lowest BCUT2D eigenvalue weighted by molar-refractivity contribution is -0.126. The van der Waals surface area contributed by atoms with Gasteiger partial charge in [0.1, 0.15) is 11.8 Å². The zero-order valence-electron chi connectivity index (χ0n) is 10.3. The number of aromatic nitrogens is 1. The van der Waals surface area contributed by atoms with Crippen LogP contribution in [0.4, 0.5) is 0 Å². The van der Waals surface area contributed by atoms with Crippen LogP contribution >= 0.6 is 12.4 Å². The summed E-state index contributed by atoms with van der Waals surface area (Å²) in [6, 6.07) is -0.274. The lowest BCUT2D eigenvalue weighted by Crippen LogP contribution is -2.51. The monoisotopic (exact) mass is 275 g/mol. The maximum atomic E-state index is 11.7. The van der Waals surface area contributed by atoms with Gasteiger partial charge < -0.3 is 19.8 Å². The Hall–Kier alpha value is -1.11. The first-order valence-corrected chi connectivity index (χ1v) is 5.82. The normalized spacial score (nSPS) is 19.1. The topological polar surface area (TPSA) is 76.4 Å². The molecule has 0 aliphatic carbocycles. The zero-order chi connectivity index (χ0) is 12.1. The van der Waals surface area contributed by atoms with E-state index in [1.165, 1.54) is 0 Å². The van der Waals surface area contributed by atoms with Crippen molar-refractivity contribution in [3.8, 4) is 0 Å². The Bertz CT molecular complexity index is 377. The first kappa shape index (κ1) is 14.9. The fourth-order valence-electron chi connectivity index (χ4n) is 1.61. The standard InChI is InChI=1S/C11H17N3O3.ClH/c1-2-8-5-13-10(17-8)6-14-11(15)9-7-16-4-3-12-9;/h5,9,12H,2-4,6-7H2,1H3,(H,14,15);1H. The number of carbonyl (C=O) groups is 1. The minimum absolute atomic E-state index is 0. The molecule has 1 aromatic heterocycles. The molecule has 1 aromatic rings. The Morgan fingerprint density at radius 1 is 1.67 bits per heavy atom. The number of amides is 1. The summed E-state index contributed by atoms with van der Waals surface area (Å²) >= 11 is 0. The van der Waals surface area contributed by atoms with Gasteiger partial charge in [0.25, 0.3) is 0 Å². The molecule has 0 bridgehead atoms. The van der Waals surface area contributed by atoms with E-state index in [1.807, 2.05) is 6.92 Å². The number of rotatable bonds is 4. The Kier molecular flexibility index (Phi) is 6.11. The Morgan fingerprint density at radius 2 is 2.50 bits per heavy atom. The smallest absolute Gasteiger partial charge is 0.239 e. The Morgan fingerprint density at radius 3 is 3.11 bits per heavy atom. The van der Waals surface area contributed by atoms with Crippen LogP contribution in [0.1, 0.15) is 18.6 Å². The van der Waals surface area contributed by atoms with E-state index in [0.717, 1.165) is 12.2 Å². The van der Waals surface area contributed by atoms with E-state index in [0.29, 0.717) is 32.2 Å². The van der Waals surface area contributed by atoms with E-state index in [-0.39, 0.29) is 24.4 Å². The molecule has 7 heteroatoms. The van der Waals surface area contributed by atoms with Crippen molar-refractivity contribution in [3.05, 3.63) is 17.8 Å². The van der Waals surface area contributed by atoms with Crippen LogP contribution in [0, 0.1) is 0 Å². The van der Waals surface area contributed by atoms with Gasteiger partial charge in [-0.3, -0.25) is 4.79 Å². The molecule has 1 unspecified atom stereocenters. The van der Waals surface area contributed by atoms with E-state index in [4.69, 9.17) is 9.15 Å². The van der Waals surface area contributed by atoms with E-state index in [9.17, 15) is 4.79 Å². The second-order valence-electron chi connectivity index (χ2n) is 3.87. The Labute approximate surface area is 112 Å². The molecule has 102 valence electrons. The first-order valence-electron chi connectivity index (χ1n) is 5.82. The van der Waals surface area contributed by atoms with Crippen LogP contribution in [-0.4, -0.2) is 36.7 Å². The molecule has 1 amide bonds. The number of hydrogen-bond acceptors (Lipinski definition) is 5. The van der Waals surface area contributed by atoms with Crippen molar-refractivity contribution in [2.24, 2.45) is 0 Å². The van der Waals surface area contributed by atoms with Crippen LogP contribution in [0.3, 0.4) is 0 Å². The highest BCUT2D eigenvalue weighted by atomic mass is 35.5. The van der Waals surface area contributed by atoms with Crippen molar-refractivity contribution in [1.82, 2.24) is 15.6 Å². The number of carbonyl (C=O) groups excluding carboxylic acids is 1. The van der Waals surface area contributed by atoms with Crippen molar-refractivity contribution < 1.29 is 13.9 Å². The van der Waals surface area contributed by atoms with Gasteiger partial charge in [-0.05, 0) is 0 Å². The van der Waals surface area contributed by atoms with E-state index in [1.54, 1.807) is 6.20 Å². The van der Waals surface area contributed by atoms with Crippen LogP contribution < -0.4 is 10.6 Å². The maximum absolute atomic E-state index is 11.7. The highest BCUT2D eigenvalue weighted by Crippen LogP contribution is 2.03. The van der Waals surface area contributed by atoms with E-state index in [2.05, 4.69) is 15.6 Å². The molecule has 1 aliphatic rings. The molecule has 0 saturated carbocycles. The quantitative estimate of drug-likeness (QED) is 0.825. The van der Waals surface area contributed by atoms with E-state index >= 15 is 0 Å².